The van der Waals surface area contributed by atoms with Crippen molar-refractivity contribution >= 4 is 15.8 Å². The monoisotopic (exact) mass is 234 g/mol. The summed E-state index contributed by atoms with van der Waals surface area (Å²) in [5.74, 6) is 0.0182. The predicted octanol–water partition coefficient (Wildman–Crippen LogP) is -0.957. The van der Waals surface area contributed by atoms with Crippen LogP contribution in [0.5, 0.6) is 0 Å². The Kier molecular flexibility index (Phi) is 4.06. The van der Waals surface area contributed by atoms with Gasteiger partial charge in [-0.3, -0.25) is 5.10 Å². The van der Waals surface area contributed by atoms with E-state index >= 15 is 0 Å². The number of nitrogens with two attached hydrogens (primary N) is 1. The standard InChI is InChI=1S/C7H14N4O3S/c8-7-6(5-9-11-7)15(13,14)10-3-1-2-4-12/h5,10,12H,1-4H2,(H3,8,9,11). The fourth-order valence-corrected chi connectivity index (χ4v) is 2.12. The number of hydrogen-bond acceptors (Lipinski definition) is 5. The molecule has 0 aliphatic carbocycles. The summed E-state index contributed by atoms with van der Waals surface area (Å²) in [6.07, 6.45) is 2.29. The number of nitrogens with zero attached hydrogens (tertiary/aromatic N) is 1. The molecular weight excluding hydrogens is 220 g/mol. The highest BCUT2D eigenvalue weighted by Crippen LogP contribution is 2.13. The lowest BCUT2D eigenvalue weighted by atomic mass is 10.3. The lowest BCUT2D eigenvalue weighted by Gasteiger charge is -2.04. The fraction of sp³-hybridized carbons (Fsp3) is 0.571. The summed E-state index contributed by atoms with van der Waals surface area (Å²) in [5, 5.41) is 14.4. The van der Waals surface area contributed by atoms with Crippen LogP contribution in [0.3, 0.4) is 0 Å². The highest BCUT2D eigenvalue weighted by molar-refractivity contribution is 7.89. The number of unbranched alkanes of at least 4 members (excludes halogenated alkanes) is 1. The summed E-state index contributed by atoms with van der Waals surface area (Å²) in [4.78, 5) is -0.0495. The third-order valence-corrected chi connectivity index (χ3v) is 3.29. The quantitative estimate of drug-likeness (QED) is 0.472. The van der Waals surface area contributed by atoms with E-state index in [0.717, 1.165) is 6.20 Å². The number of nitrogen functional groups attached to an aromatic ring is 1. The van der Waals surface area contributed by atoms with Gasteiger partial charge < -0.3 is 10.8 Å². The topological polar surface area (TPSA) is 121 Å². The van der Waals surface area contributed by atoms with E-state index in [-0.39, 0.29) is 23.9 Å². The van der Waals surface area contributed by atoms with E-state index in [1.165, 1.54) is 0 Å². The molecule has 0 saturated heterocycles. The number of aromatic amines is 1. The maximum absolute atomic E-state index is 11.6. The summed E-state index contributed by atoms with van der Waals surface area (Å²) in [7, 11) is -3.58. The van der Waals surface area contributed by atoms with Crippen molar-refractivity contribution in [2.24, 2.45) is 0 Å². The van der Waals surface area contributed by atoms with Gasteiger partial charge in [-0.2, -0.15) is 5.10 Å². The largest absolute Gasteiger partial charge is 0.396 e. The maximum atomic E-state index is 11.6. The average molecular weight is 234 g/mol. The van der Waals surface area contributed by atoms with Crippen molar-refractivity contribution < 1.29 is 13.5 Å². The lowest BCUT2D eigenvalue weighted by molar-refractivity contribution is 0.285. The van der Waals surface area contributed by atoms with Gasteiger partial charge in [0.2, 0.25) is 10.0 Å². The van der Waals surface area contributed by atoms with E-state index in [2.05, 4.69) is 14.9 Å². The highest BCUT2D eigenvalue weighted by Gasteiger charge is 2.18. The Hall–Kier alpha value is -1.12. The second kappa shape index (κ2) is 5.10. The molecule has 1 aromatic heterocycles. The van der Waals surface area contributed by atoms with Crippen LogP contribution in [0.2, 0.25) is 0 Å². The minimum absolute atomic E-state index is 0.0182. The summed E-state index contributed by atoms with van der Waals surface area (Å²) in [6, 6.07) is 0. The Bertz CT molecular complexity index is 400. The Morgan fingerprint density at radius 2 is 2.27 bits per heavy atom. The molecule has 0 saturated carbocycles. The normalized spacial score (nSPS) is 11.8. The molecule has 1 rings (SSSR count). The van der Waals surface area contributed by atoms with E-state index in [9.17, 15) is 8.42 Å². The first-order valence-electron chi connectivity index (χ1n) is 4.47. The van der Waals surface area contributed by atoms with Crippen LogP contribution in [0.4, 0.5) is 5.82 Å². The van der Waals surface area contributed by atoms with E-state index in [1.807, 2.05) is 0 Å². The molecule has 1 aromatic rings. The zero-order valence-electron chi connectivity index (χ0n) is 8.10. The number of nitrogens with one attached hydrogen (secondary N) is 2. The number of aliphatic hydroxyl groups excluding tert-OH is 1. The molecule has 5 N–H and O–H groups in total. The number of H-pyrrole nitrogens is 1. The van der Waals surface area contributed by atoms with Crippen LogP contribution >= 0.6 is 0 Å². The van der Waals surface area contributed by atoms with Crippen LogP contribution in [0.1, 0.15) is 12.8 Å². The van der Waals surface area contributed by atoms with E-state index in [0.29, 0.717) is 12.8 Å². The van der Waals surface area contributed by atoms with Crippen molar-refractivity contribution in [3.63, 3.8) is 0 Å². The van der Waals surface area contributed by atoms with Gasteiger partial charge in [-0.05, 0) is 12.8 Å². The van der Waals surface area contributed by atoms with Gasteiger partial charge >= 0.3 is 0 Å². The molecule has 0 unspecified atom stereocenters. The minimum Gasteiger partial charge on any atom is -0.396 e. The number of aliphatic hydroxyl groups is 1. The molecule has 0 amide bonds. The molecule has 0 aromatic carbocycles. The second-order valence-corrected chi connectivity index (χ2v) is 4.71. The third-order valence-electron chi connectivity index (χ3n) is 1.80. The Morgan fingerprint density at radius 3 is 2.80 bits per heavy atom. The Balaban J connectivity index is 2.57. The Morgan fingerprint density at radius 1 is 1.53 bits per heavy atom. The summed E-state index contributed by atoms with van der Waals surface area (Å²) < 4.78 is 25.5. The van der Waals surface area contributed by atoms with Crippen molar-refractivity contribution in [2.45, 2.75) is 17.7 Å². The van der Waals surface area contributed by atoms with Crippen molar-refractivity contribution in [2.75, 3.05) is 18.9 Å². The SMILES string of the molecule is Nc1[nH]ncc1S(=O)(=O)NCCCCO. The molecule has 0 atom stereocenters. The van der Waals surface area contributed by atoms with Crippen molar-refractivity contribution in [3.05, 3.63) is 6.20 Å². The molecule has 0 spiro atoms. The molecule has 15 heavy (non-hydrogen) atoms. The highest BCUT2D eigenvalue weighted by atomic mass is 32.2. The smallest absolute Gasteiger partial charge is 0.245 e. The predicted molar refractivity (Wildman–Crippen MR) is 54.5 cm³/mol. The molecule has 86 valence electrons. The lowest BCUT2D eigenvalue weighted by Crippen LogP contribution is -2.25. The van der Waals surface area contributed by atoms with Gasteiger partial charge in [0.15, 0.2) is 0 Å². The van der Waals surface area contributed by atoms with Crippen LogP contribution in [0, 0.1) is 0 Å². The van der Waals surface area contributed by atoms with Crippen molar-refractivity contribution in [1.82, 2.24) is 14.9 Å². The summed E-state index contributed by atoms with van der Waals surface area (Å²) >= 11 is 0. The summed E-state index contributed by atoms with van der Waals surface area (Å²) in [6.45, 7) is 0.323. The van der Waals surface area contributed by atoms with E-state index in [1.54, 1.807) is 0 Å². The summed E-state index contributed by atoms with van der Waals surface area (Å²) in [5.41, 5.74) is 5.38. The number of sulfonamides is 1. The van der Waals surface area contributed by atoms with Crippen LogP contribution in [-0.4, -0.2) is 36.9 Å². The molecule has 7 nitrogen and oxygen atoms in total. The van der Waals surface area contributed by atoms with Gasteiger partial charge in [-0.15, -0.1) is 0 Å². The first-order valence-corrected chi connectivity index (χ1v) is 5.95. The van der Waals surface area contributed by atoms with Gasteiger partial charge in [0, 0.05) is 13.2 Å². The van der Waals surface area contributed by atoms with Crippen molar-refractivity contribution in [3.8, 4) is 0 Å². The van der Waals surface area contributed by atoms with E-state index in [4.69, 9.17) is 10.8 Å². The van der Waals surface area contributed by atoms with Crippen LogP contribution < -0.4 is 10.5 Å². The molecule has 0 fully saturated rings. The number of hydrogen-bond donors (Lipinski definition) is 4. The van der Waals surface area contributed by atoms with Gasteiger partial charge in [0.05, 0.1) is 6.20 Å². The maximum Gasteiger partial charge on any atom is 0.245 e. The first-order chi connectivity index (χ1) is 7.08. The van der Waals surface area contributed by atoms with Crippen LogP contribution in [-0.2, 0) is 10.0 Å². The molecular formula is C7H14N4O3S. The van der Waals surface area contributed by atoms with Gasteiger partial charge in [-0.1, -0.05) is 0 Å². The molecule has 1 heterocycles. The average Bonchev–Trinajstić information content (AvgIpc) is 2.60. The van der Waals surface area contributed by atoms with Crippen molar-refractivity contribution in [1.29, 1.82) is 0 Å². The zero-order chi connectivity index (χ0) is 11.3. The zero-order valence-corrected chi connectivity index (χ0v) is 8.92. The molecule has 0 aliphatic rings. The van der Waals surface area contributed by atoms with Gasteiger partial charge in [0.1, 0.15) is 10.7 Å². The number of aromatic nitrogens is 2. The van der Waals surface area contributed by atoms with Crippen LogP contribution in [0.25, 0.3) is 0 Å². The molecule has 8 heteroatoms. The van der Waals surface area contributed by atoms with Gasteiger partial charge in [0.25, 0.3) is 0 Å². The second-order valence-electron chi connectivity index (χ2n) is 2.98. The minimum atomic E-state index is -3.58. The Labute approximate surface area is 87.7 Å². The third kappa shape index (κ3) is 3.18. The van der Waals surface area contributed by atoms with Crippen LogP contribution in [0.15, 0.2) is 11.1 Å². The van der Waals surface area contributed by atoms with E-state index < -0.39 is 10.0 Å². The molecule has 0 aliphatic heterocycles. The number of rotatable bonds is 6. The molecule has 0 bridgehead atoms. The van der Waals surface area contributed by atoms with Gasteiger partial charge in [-0.25, -0.2) is 13.1 Å². The fourth-order valence-electron chi connectivity index (χ4n) is 1.02. The number of anilines is 1. The molecule has 0 radical (unpaired) electrons. The first kappa shape index (κ1) is 12.0.